The topological polar surface area (TPSA) is 87.0 Å². The van der Waals surface area contributed by atoms with E-state index in [1.54, 1.807) is 10.7 Å². The monoisotopic (exact) mass is 352 g/mol. The van der Waals surface area contributed by atoms with Gasteiger partial charge < -0.3 is 9.64 Å². The SMILES string of the molecule is Cc1cccc(/C=N/Nc2cc(N3CCOCC3)n3[nH]c(=O)cc3n2)c1. The minimum absolute atomic E-state index is 0.188. The second kappa shape index (κ2) is 7.01. The normalized spacial score (nSPS) is 15.0. The second-order valence-electron chi connectivity index (χ2n) is 6.20. The first-order valence-electron chi connectivity index (χ1n) is 8.50. The number of hydrogen-bond donors (Lipinski definition) is 2. The van der Waals surface area contributed by atoms with Crippen molar-refractivity contribution in [2.45, 2.75) is 6.92 Å². The standard InChI is InChI=1S/C18H20N6O2/c1-13-3-2-4-14(9-13)12-19-21-15-10-18(23-5-7-26-8-6-23)24-16(20-15)11-17(25)22-24/h2-4,9-12H,5-8H2,1H3,(H,20,21)(H,22,25)/b19-12+. The minimum atomic E-state index is -0.188. The molecule has 0 bridgehead atoms. The van der Waals surface area contributed by atoms with Crippen LogP contribution in [0.1, 0.15) is 11.1 Å². The predicted octanol–water partition coefficient (Wildman–Crippen LogP) is 1.61. The average Bonchev–Trinajstić information content (AvgIpc) is 3.02. The van der Waals surface area contributed by atoms with Gasteiger partial charge >= 0.3 is 0 Å². The molecule has 0 aliphatic carbocycles. The van der Waals surface area contributed by atoms with Crippen LogP contribution in [0.4, 0.5) is 11.6 Å². The van der Waals surface area contributed by atoms with E-state index in [1.165, 1.54) is 11.6 Å². The number of aromatic nitrogens is 3. The van der Waals surface area contributed by atoms with Crippen LogP contribution in [0.15, 0.2) is 46.3 Å². The van der Waals surface area contributed by atoms with Crippen LogP contribution >= 0.6 is 0 Å². The van der Waals surface area contributed by atoms with E-state index >= 15 is 0 Å². The number of hydrogen-bond acceptors (Lipinski definition) is 6. The van der Waals surface area contributed by atoms with Crippen LogP contribution in [0, 0.1) is 6.92 Å². The van der Waals surface area contributed by atoms with Gasteiger partial charge in [-0.2, -0.15) is 5.10 Å². The molecule has 1 aliphatic heterocycles. The lowest BCUT2D eigenvalue weighted by Crippen LogP contribution is -2.37. The number of morpholine rings is 1. The Kier molecular flexibility index (Phi) is 4.40. The molecule has 134 valence electrons. The van der Waals surface area contributed by atoms with Gasteiger partial charge in [-0.15, -0.1) is 0 Å². The maximum absolute atomic E-state index is 11.8. The average molecular weight is 352 g/mol. The number of aryl methyl sites for hydroxylation is 1. The van der Waals surface area contributed by atoms with Gasteiger partial charge in [0.05, 0.1) is 19.4 Å². The van der Waals surface area contributed by atoms with Crippen LogP contribution in [-0.2, 0) is 4.74 Å². The van der Waals surface area contributed by atoms with E-state index < -0.39 is 0 Å². The van der Waals surface area contributed by atoms with Crippen molar-refractivity contribution >= 4 is 23.5 Å². The zero-order valence-corrected chi connectivity index (χ0v) is 14.5. The highest BCUT2D eigenvalue weighted by Crippen LogP contribution is 2.20. The second-order valence-corrected chi connectivity index (χ2v) is 6.20. The van der Waals surface area contributed by atoms with Crippen LogP contribution in [0.5, 0.6) is 0 Å². The number of hydrazone groups is 1. The quantitative estimate of drug-likeness (QED) is 0.550. The molecule has 0 unspecified atom stereocenters. The predicted molar refractivity (Wildman–Crippen MR) is 101 cm³/mol. The number of ether oxygens (including phenoxy) is 1. The molecule has 8 heteroatoms. The summed E-state index contributed by atoms with van der Waals surface area (Å²) in [5.41, 5.74) is 5.51. The van der Waals surface area contributed by atoms with Crippen LogP contribution in [-0.4, -0.2) is 47.1 Å². The fourth-order valence-electron chi connectivity index (χ4n) is 2.99. The minimum Gasteiger partial charge on any atom is -0.378 e. The van der Waals surface area contributed by atoms with E-state index in [1.807, 2.05) is 37.3 Å². The van der Waals surface area contributed by atoms with Gasteiger partial charge in [-0.1, -0.05) is 29.8 Å². The van der Waals surface area contributed by atoms with Crippen molar-refractivity contribution < 1.29 is 4.74 Å². The summed E-state index contributed by atoms with van der Waals surface area (Å²) < 4.78 is 7.11. The third kappa shape index (κ3) is 3.45. The number of anilines is 2. The van der Waals surface area contributed by atoms with E-state index in [0.29, 0.717) is 24.7 Å². The Morgan fingerprint density at radius 2 is 2.12 bits per heavy atom. The molecule has 4 rings (SSSR count). The van der Waals surface area contributed by atoms with Gasteiger partial charge in [0.2, 0.25) is 0 Å². The lowest BCUT2D eigenvalue weighted by Gasteiger charge is -2.29. The molecule has 2 aromatic heterocycles. The summed E-state index contributed by atoms with van der Waals surface area (Å²) in [6, 6.07) is 11.4. The molecule has 3 aromatic rings. The molecule has 1 aliphatic rings. The van der Waals surface area contributed by atoms with Gasteiger partial charge in [0.15, 0.2) is 11.5 Å². The number of aromatic amines is 1. The molecule has 8 nitrogen and oxygen atoms in total. The summed E-state index contributed by atoms with van der Waals surface area (Å²) in [6.07, 6.45) is 1.75. The van der Waals surface area contributed by atoms with Gasteiger partial charge in [0.25, 0.3) is 5.56 Å². The zero-order chi connectivity index (χ0) is 17.9. The Morgan fingerprint density at radius 3 is 2.92 bits per heavy atom. The van der Waals surface area contributed by atoms with E-state index in [9.17, 15) is 4.79 Å². The summed E-state index contributed by atoms with van der Waals surface area (Å²) in [5, 5.41) is 7.06. The first-order valence-corrected chi connectivity index (χ1v) is 8.50. The molecular formula is C18H20N6O2. The molecule has 3 heterocycles. The van der Waals surface area contributed by atoms with E-state index in [-0.39, 0.29) is 5.56 Å². The van der Waals surface area contributed by atoms with E-state index in [4.69, 9.17) is 4.74 Å². The molecule has 0 radical (unpaired) electrons. The number of fused-ring (bicyclic) bond motifs is 1. The lowest BCUT2D eigenvalue weighted by molar-refractivity contribution is 0.122. The highest BCUT2D eigenvalue weighted by Gasteiger charge is 2.16. The summed E-state index contributed by atoms with van der Waals surface area (Å²) in [4.78, 5) is 18.4. The summed E-state index contributed by atoms with van der Waals surface area (Å²) >= 11 is 0. The van der Waals surface area contributed by atoms with Crippen molar-refractivity contribution in [1.82, 2.24) is 14.6 Å². The molecule has 1 aromatic carbocycles. The Bertz CT molecular complexity index is 1000. The van der Waals surface area contributed by atoms with Crippen molar-refractivity contribution in [3.63, 3.8) is 0 Å². The molecule has 0 spiro atoms. The zero-order valence-electron chi connectivity index (χ0n) is 14.5. The van der Waals surface area contributed by atoms with Crippen LogP contribution in [0.2, 0.25) is 0 Å². The Morgan fingerprint density at radius 1 is 1.27 bits per heavy atom. The summed E-state index contributed by atoms with van der Waals surface area (Å²) in [7, 11) is 0. The van der Waals surface area contributed by atoms with E-state index in [2.05, 4.69) is 25.5 Å². The van der Waals surface area contributed by atoms with Crippen molar-refractivity contribution in [2.24, 2.45) is 5.10 Å². The molecule has 0 atom stereocenters. The number of H-pyrrole nitrogens is 1. The first kappa shape index (κ1) is 16.3. The smallest absolute Gasteiger partial charge is 0.266 e. The molecule has 0 amide bonds. The number of nitrogens with one attached hydrogen (secondary N) is 2. The molecular weight excluding hydrogens is 332 g/mol. The van der Waals surface area contributed by atoms with Gasteiger partial charge in [-0.25, -0.2) is 9.50 Å². The van der Waals surface area contributed by atoms with Gasteiger partial charge in [0, 0.05) is 25.2 Å². The Hall–Kier alpha value is -3.13. The third-order valence-corrected chi connectivity index (χ3v) is 4.21. The number of rotatable bonds is 4. The van der Waals surface area contributed by atoms with Crippen molar-refractivity contribution in [3.05, 3.63) is 57.9 Å². The fourth-order valence-corrected chi connectivity index (χ4v) is 2.99. The number of benzene rings is 1. The van der Waals surface area contributed by atoms with Gasteiger partial charge in [-0.3, -0.25) is 15.3 Å². The number of nitrogens with zero attached hydrogens (tertiary/aromatic N) is 4. The van der Waals surface area contributed by atoms with Crippen molar-refractivity contribution in [1.29, 1.82) is 0 Å². The molecule has 0 saturated carbocycles. The van der Waals surface area contributed by atoms with Crippen molar-refractivity contribution in [2.75, 3.05) is 36.6 Å². The molecule has 26 heavy (non-hydrogen) atoms. The highest BCUT2D eigenvalue weighted by atomic mass is 16.5. The van der Waals surface area contributed by atoms with Gasteiger partial charge in [-0.05, 0) is 12.5 Å². The molecule has 1 saturated heterocycles. The maximum Gasteiger partial charge on any atom is 0.266 e. The Labute approximate surface area is 150 Å². The largest absolute Gasteiger partial charge is 0.378 e. The molecule has 2 N–H and O–H groups in total. The summed E-state index contributed by atoms with van der Waals surface area (Å²) in [6.45, 7) is 4.86. The van der Waals surface area contributed by atoms with Gasteiger partial charge in [0.1, 0.15) is 5.82 Å². The van der Waals surface area contributed by atoms with Crippen LogP contribution in [0.25, 0.3) is 5.65 Å². The molecule has 1 fully saturated rings. The Balaban J connectivity index is 1.63. The van der Waals surface area contributed by atoms with Crippen molar-refractivity contribution in [3.8, 4) is 0 Å². The van der Waals surface area contributed by atoms with E-state index in [0.717, 1.165) is 24.5 Å². The van der Waals surface area contributed by atoms with Crippen LogP contribution < -0.4 is 15.9 Å². The fraction of sp³-hybridized carbons (Fsp3) is 0.278. The first-order chi connectivity index (χ1) is 12.7. The lowest BCUT2D eigenvalue weighted by atomic mass is 10.2. The highest BCUT2D eigenvalue weighted by molar-refractivity contribution is 5.80. The maximum atomic E-state index is 11.8. The van der Waals surface area contributed by atoms with Crippen LogP contribution in [0.3, 0.4) is 0 Å². The summed E-state index contributed by atoms with van der Waals surface area (Å²) in [5.74, 6) is 1.43. The third-order valence-electron chi connectivity index (χ3n) is 4.21.